The Kier molecular flexibility index (Phi) is 4.25. The second-order valence-electron chi connectivity index (χ2n) is 4.48. The molecule has 1 unspecified atom stereocenters. The molecule has 1 rings (SSSR count). The van der Waals surface area contributed by atoms with Crippen LogP contribution in [0.5, 0.6) is 0 Å². The van der Waals surface area contributed by atoms with Crippen molar-refractivity contribution in [3.63, 3.8) is 0 Å². The number of allylic oxidation sites excluding steroid dienone is 1. The molecule has 0 N–H and O–H groups in total. The highest BCUT2D eigenvalue weighted by atomic mass is 19.4. The van der Waals surface area contributed by atoms with Crippen LogP contribution in [0.3, 0.4) is 0 Å². The first kappa shape index (κ1) is 15.2. The fourth-order valence-electron chi connectivity index (χ4n) is 1.66. The summed E-state index contributed by atoms with van der Waals surface area (Å²) in [5.74, 6) is -4.85. The lowest BCUT2D eigenvalue weighted by Gasteiger charge is -2.47. The van der Waals surface area contributed by atoms with Crippen LogP contribution in [0, 0.1) is 0 Å². The van der Waals surface area contributed by atoms with E-state index < -0.39 is 24.1 Å². The smallest absolute Gasteiger partial charge is 0.456 e. The number of hydrogen-bond acceptors (Lipinski definition) is 2. The van der Waals surface area contributed by atoms with Gasteiger partial charge in [0.15, 0.2) is 0 Å². The van der Waals surface area contributed by atoms with E-state index >= 15 is 0 Å². The molecule has 0 amide bonds. The van der Waals surface area contributed by atoms with Gasteiger partial charge in [0.25, 0.3) is 0 Å². The van der Waals surface area contributed by atoms with Crippen molar-refractivity contribution >= 4 is 0 Å². The number of rotatable bonds is 5. The fraction of sp³-hybridized carbons (Fsp3) is 0.818. The second-order valence-corrected chi connectivity index (χ2v) is 4.48. The summed E-state index contributed by atoms with van der Waals surface area (Å²) in [5.41, 5.74) is -1.68. The lowest BCUT2D eigenvalue weighted by Crippen LogP contribution is -2.64. The van der Waals surface area contributed by atoms with Crippen LogP contribution in [0.15, 0.2) is 11.8 Å². The molecule has 0 bridgehead atoms. The van der Waals surface area contributed by atoms with Crippen molar-refractivity contribution in [2.24, 2.45) is 0 Å². The minimum atomic E-state index is -5.61. The number of halogens is 5. The van der Waals surface area contributed by atoms with Crippen LogP contribution in [0.2, 0.25) is 0 Å². The molecule has 0 saturated carbocycles. The Morgan fingerprint density at radius 3 is 2.17 bits per heavy atom. The second kappa shape index (κ2) is 5.03. The molecule has 0 spiro atoms. The van der Waals surface area contributed by atoms with Crippen LogP contribution in [-0.2, 0) is 9.47 Å². The zero-order valence-corrected chi connectivity index (χ0v) is 10.1. The predicted octanol–water partition coefficient (Wildman–Crippen LogP) is 3.67. The number of alkyl halides is 5. The summed E-state index contributed by atoms with van der Waals surface area (Å²) in [7, 11) is 0. The predicted molar refractivity (Wildman–Crippen MR) is 54.3 cm³/mol. The van der Waals surface area contributed by atoms with E-state index in [4.69, 9.17) is 4.74 Å². The monoisotopic (exact) mass is 274 g/mol. The number of hydrogen-bond donors (Lipinski definition) is 0. The highest BCUT2D eigenvalue weighted by Crippen LogP contribution is 2.52. The van der Waals surface area contributed by atoms with Crippen LogP contribution in [0.25, 0.3) is 0 Å². The first-order chi connectivity index (χ1) is 8.12. The van der Waals surface area contributed by atoms with E-state index in [-0.39, 0.29) is 19.6 Å². The van der Waals surface area contributed by atoms with Crippen molar-refractivity contribution < 1.29 is 31.4 Å². The van der Waals surface area contributed by atoms with Gasteiger partial charge in [0, 0.05) is 12.8 Å². The van der Waals surface area contributed by atoms with Gasteiger partial charge >= 0.3 is 12.1 Å². The van der Waals surface area contributed by atoms with Crippen molar-refractivity contribution in [2.75, 3.05) is 13.2 Å². The third-order valence-corrected chi connectivity index (χ3v) is 2.76. The Morgan fingerprint density at radius 2 is 1.83 bits per heavy atom. The Hall–Kier alpha value is -0.850. The summed E-state index contributed by atoms with van der Waals surface area (Å²) in [6, 6.07) is 0. The first-order valence-corrected chi connectivity index (χ1v) is 5.46. The molecule has 1 saturated heterocycles. The molecule has 1 aliphatic heterocycles. The standard InChI is InChI=1S/C11H15F5O2/c1-8(2)7-17-5-3-9(4-6-18-9)10(12,13)11(14,15)16/h7H,3-6H2,1-2H3. The minimum absolute atomic E-state index is 0.0890. The quantitative estimate of drug-likeness (QED) is 0.432. The van der Waals surface area contributed by atoms with E-state index in [9.17, 15) is 22.0 Å². The van der Waals surface area contributed by atoms with Crippen LogP contribution in [-0.4, -0.2) is 30.9 Å². The molecule has 0 aromatic heterocycles. The molecule has 2 nitrogen and oxygen atoms in total. The highest BCUT2D eigenvalue weighted by molar-refractivity contribution is 5.03. The van der Waals surface area contributed by atoms with E-state index in [2.05, 4.69) is 4.74 Å². The molecule has 106 valence electrons. The molecule has 1 aliphatic rings. The third-order valence-electron chi connectivity index (χ3n) is 2.76. The Balaban J connectivity index is 2.66. The molecule has 0 aromatic carbocycles. The zero-order valence-electron chi connectivity index (χ0n) is 10.1. The van der Waals surface area contributed by atoms with Gasteiger partial charge in [-0.2, -0.15) is 22.0 Å². The van der Waals surface area contributed by atoms with Crippen molar-refractivity contribution in [3.8, 4) is 0 Å². The van der Waals surface area contributed by atoms with E-state index in [0.717, 1.165) is 5.57 Å². The van der Waals surface area contributed by atoms with Crippen molar-refractivity contribution in [3.05, 3.63) is 11.8 Å². The van der Waals surface area contributed by atoms with Gasteiger partial charge in [-0.3, -0.25) is 0 Å². The molecule has 1 atom stereocenters. The maximum absolute atomic E-state index is 13.3. The number of ether oxygens (including phenoxy) is 2. The molecule has 0 aliphatic carbocycles. The average Bonchev–Trinajstić information content (AvgIpc) is 2.12. The maximum Gasteiger partial charge on any atom is 0.456 e. The van der Waals surface area contributed by atoms with E-state index in [1.54, 1.807) is 13.8 Å². The SMILES string of the molecule is CC(C)=COCCC1(C(F)(F)C(F)(F)F)CCO1. The summed E-state index contributed by atoms with van der Waals surface area (Å²) in [5, 5.41) is 0. The molecule has 1 heterocycles. The Bertz CT molecular complexity index is 314. The minimum Gasteiger partial charge on any atom is -0.501 e. The normalized spacial score (nSPS) is 24.4. The van der Waals surface area contributed by atoms with Gasteiger partial charge < -0.3 is 9.47 Å². The molecule has 18 heavy (non-hydrogen) atoms. The van der Waals surface area contributed by atoms with Gasteiger partial charge in [0.2, 0.25) is 0 Å². The van der Waals surface area contributed by atoms with Crippen molar-refractivity contribution in [1.82, 2.24) is 0 Å². The molecular formula is C11H15F5O2. The summed E-state index contributed by atoms with van der Waals surface area (Å²) in [6.45, 7) is 3.12. The topological polar surface area (TPSA) is 18.5 Å². The highest BCUT2D eigenvalue weighted by Gasteiger charge is 2.72. The van der Waals surface area contributed by atoms with Gasteiger partial charge in [-0.05, 0) is 19.4 Å². The van der Waals surface area contributed by atoms with Gasteiger partial charge in [0.1, 0.15) is 5.60 Å². The van der Waals surface area contributed by atoms with Crippen LogP contribution in [0.1, 0.15) is 26.7 Å². The van der Waals surface area contributed by atoms with Gasteiger partial charge in [0.05, 0.1) is 19.5 Å². The van der Waals surface area contributed by atoms with Gasteiger partial charge in [-0.15, -0.1) is 0 Å². The lowest BCUT2D eigenvalue weighted by molar-refractivity contribution is -0.379. The Labute approximate surface area is 102 Å². The zero-order chi connectivity index (χ0) is 14.0. The van der Waals surface area contributed by atoms with Crippen LogP contribution in [0.4, 0.5) is 22.0 Å². The largest absolute Gasteiger partial charge is 0.501 e. The lowest BCUT2D eigenvalue weighted by atomic mass is 9.84. The van der Waals surface area contributed by atoms with E-state index in [0.29, 0.717) is 0 Å². The molecule has 0 radical (unpaired) electrons. The third kappa shape index (κ3) is 2.76. The van der Waals surface area contributed by atoms with Crippen LogP contribution < -0.4 is 0 Å². The molecular weight excluding hydrogens is 259 g/mol. The molecule has 7 heteroatoms. The fourth-order valence-corrected chi connectivity index (χ4v) is 1.66. The maximum atomic E-state index is 13.3. The summed E-state index contributed by atoms with van der Waals surface area (Å²) in [4.78, 5) is 0. The van der Waals surface area contributed by atoms with Crippen molar-refractivity contribution in [1.29, 1.82) is 0 Å². The average molecular weight is 274 g/mol. The van der Waals surface area contributed by atoms with Crippen molar-refractivity contribution in [2.45, 2.75) is 44.4 Å². The van der Waals surface area contributed by atoms with E-state index in [1.165, 1.54) is 6.26 Å². The van der Waals surface area contributed by atoms with E-state index in [1.807, 2.05) is 0 Å². The molecule has 0 aromatic rings. The van der Waals surface area contributed by atoms with Gasteiger partial charge in [-0.25, -0.2) is 0 Å². The summed E-state index contributed by atoms with van der Waals surface area (Å²) < 4.78 is 72.9. The Morgan fingerprint density at radius 1 is 1.28 bits per heavy atom. The summed E-state index contributed by atoms with van der Waals surface area (Å²) in [6.07, 6.45) is -5.11. The first-order valence-electron chi connectivity index (χ1n) is 5.46. The molecule has 1 fully saturated rings. The van der Waals surface area contributed by atoms with Crippen LogP contribution >= 0.6 is 0 Å². The van der Waals surface area contributed by atoms with Gasteiger partial charge in [-0.1, -0.05) is 0 Å². The summed E-state index contributed by atoms with van der Waals surface area (Å²) >= 11 is 0.